The number of sulfonamides is 1. The van der Waals surface area contributed by atoms with E-state index in [1.54, 1.807) is 18.2 Å². The highest BCUT2D eigenvalue weighted by atomic mass is 32.2. The van der Waals surface area contributed by atoms with Crippen LogP contribution < -0.4 is 5.32 Å². The molecule has 1 aromatic carbocycles. The molecule has 0 aliphatic rings. The Bertz CT molecular complexity index is 706. The van der Waals surface area contributed by atoms with Crippen LogP contribution in [-0.2, 0) is 19.9 Å². The summed E-state index contributed by atoms with van der Waals surface area (Å²) < 4.78 is 47.7. The molecule has 1 N–H and O–H groups in total. The van der Waals surface area contributed by atoms with E-state index in [1.807, 2.05) is 5.32 Å². The molecule has 0 aliphatic carbocycles. The van der Waals surface area contributed by atoms with Gasteiger partial charge >= 0.3 is 5.24 Å². The van der Waals surface area contributed by atoms with Gasteiger partial charge in [0.05, 0.1) is 6.26 Å². The molecule has 104 valence electrons. The fourth-order valence-corrected chi connectivity index (χ4v) is 1.86. The lowest BCUT2D eigenvalue weighted by Crippen LogP contribution is -2.35. The maximum Gasteiger partial charge on any atom is 0.341 e. The number of nitrogens with one attached hydrogen (secondary N) is 1. The largest absolute Gasteiger partial charge is 0.341 e. The van der Waals surface area contributed by atoms with E-state index < -0.39 is 25.1 Å². The summed E-state index contributed by atoms with van der Waals surface area (Å²) in [5, 5.41) is 0.653. The second kappa shape index (κ2) is 5.49. The summed E-state index contributed by atoms with van der Waals surface area (Å²) in [5.41, 5.74) is 0.282. The zero-order valence-corrected chi connectivity index (χ0v) is 11.8. The van der Waals surface area contributed by atoms with Crippen molar-refractivity contribution in [1.82, 2.24) is 5.32 Å². The average molecular weight is 304 g/mol. The summed E-state index contributed by atoms with van der Waals surface area (Å²) in [4.78, 5) is 11.4. The molecule has 1 amide bonds. The van der Waals surface area contributed by atoms with Gasteiger partial charge in [0.1, 0.15) is 0 Å². The van der Waals surface area contributed by atoms with Gasteiger partial charge in [0, 0.05) is 11.8 Å². The Labute approximate surface area is 111 Å². The Kier molecular flexibility index (Phi) is 4.43. The van der Waals surface area contributed by atoms with Crippen molar-refractivity contribution in [2.45, 2.75) is 0 Å². The number of amides is 1. The van der Waals surface area contributed by atoms with Crippen molar-refractivity contribution in [3.63, 3.8) is 0 Å². The van der Waals surface area contributed by atoms with Crippen LogP contribution in [0.4, 0.5) is 4.79 Å². The fraction of sp³-hybridized carbons (Fsp3) is 0.200. The third-order valence-electron chi connectivity index (χ3n) is 1.86. The minimum Gasteiger partial charge on any atom is -0.296 e. The van der Waals surface area contributed by atoms with Crippen LogP contribution in [0.25, 0.3) is 0 Å². The van der Waals surface area contributed by atoms with Gasteiger partial charge in [-0.15, -0.1) is 4.40 Å². The van der Waals surface area contributed by atoms with E-state index in [9.17, 15) is 21.6 Å². The monoisotopic (exact) mass is 304 g/mol. The summed E-state index contributed by atoms with van der Waals surface area (Å²) in [6, 6.07) is 7.86. The molecule has 0 radical (unpaired) electrons. The first-order valence-electron chi connectivity index (χ1n) is 4.96. The minimum absolute atomic E-state index is 0.282. The molecule has 1 rings (SSSR count). The molecule has 0 spiro atoms. The SMILES string of the molecule is CS(=O)(=O)/N=C(/NC(=O)S(C)(=O)=O)c1ccccc1. The van der Waals surface area contributed by atoms with E-state index in [0.717, 1.165) is 6.26 Å². The van der Waals surface area contributed by atoms with Crippen LogP contribution in [0.5, 0.6) is 0 Å². The van der Waals surface area contributed by atoms with Gasteiger partial charge in [0.15, 0.2) is 5.84 Å². The van der Waals surface area contributed by atoms with Crippen molar-refractivity contribution in [2.24, 2.45) is 4.40 Å². The lowest BCUT2D eigenvalue weighted by atomic mass is 10.2. The van der Waals surface area contributed by atoms with E-state index in [1.165, 1.54) is 12.1 Å². The Hall–Kier alpha value is -1.74. The summed E-state index contributed by atoms with van der Waals surface area (Å²) in [5.74, 6) is -0.335. The van der Waals surface area contributed by atoms with Gasteiger partial charge in [-0.1, -0.05) is 30.3 Å². The second-order valence-electron chi connectivity index (χ2n) is 3.72. The molecule has 0 heterocycles. The second-order valence-corrected chi connectivity index (χ2v) is 7.29. The minimum atomic E-state index is -3.99. The van der Waals surface area contributed by atoms with Crippen LogP contribution in [0, 0.1) is 0 Å². The first-order chi connectivity index (χ1) is 8.59. The summed E-state index contributed by atoms with van der Waals surface area (Å²) in [7, 11) is -7.77. The average Bonchev–Trinajstić information content (AvgIpc) is 2.26. The normalized spacial score (nSPS) is 13.1. The predicted molar refractivity (Wildman–Crippen MR) is 71.2 cm³/mol. The van der Waals surface area contributed by atoms with Crippen molar-refractivity contribution in [2.75, 3.05) is 12.5 Å². The third-order valence-corrected chi connectivity index (χ3v) is 3.15. The number of nitrogens with zero attached hydrogens (tertiary/aromatic N) is 1. The zero-order valence-electron chi connectivity index (χ0n) is 10.2. The maximum atomic E-state index is 11.4. The highest BCUT2D eigenvalue weighted by Crippen LogP contribution is 2.02. The van der Waals surface area contributed by atoms with Crippen LogP contribution in [0.3, 0.4) is 0 Å². The number of sulfone groups is 1. The first kappa shape index (κ1) is 15.3. The Balaban J connectivity index is 3.24. The van der Waals surface area contributed by atoms with Crippen molar-refractivity contribution < 1.29 is 21.6 Å². The third kappa shape index (κ3) is 5.18. The van der Waals surface area contributed by atoms with Gasteiger partial charge < -0.3 is 0 Å². The lowest BCUT2D eigenvalue weighted by molar-refractivity contribution is 0.262. The number of hydrogen-bond acceptors (Lipinski definition) is 5. The molecule has 0 bridgehead atoms. The van der Waals surface area contributed by atoms with Crippen LogP contribution >= 0.6 is 0 Å². The van der Waals surface area contributed by atoms with Gasteiger partial charge in [-0.3, -0.25) is 10.1 Å². The highest BCUT2D eigenvalue weighted by Gasteiger charge is 2.19. The standard InChI is InChI=1S/C10H12N2O5S2/c1-18(14,15)10(13)11-9(12-19(2,16)17)8-6-4-3-5-7-8/h3-7H,1-2H3,(H,11,12,13). The molecule has 1 aromatic rings. The molecule has 0 aromatic heterocycles. The molecule has 0 saturated carbocycles. The molecule has 0 saturated heterocycles. The van der Waals surface area contributed by atoms with Gasteiger partial charge in [-0.05, 0) is 0 Å². The summed E-state index contributed by atoms with van der Waals surface area (Å²) in [6.07, 6.45) is 1.55. The van der Waals surface area contributed by atoms with Crippen molar-refractivity contribution in [3.05, 3.63) is 35.9 Å². The molecular formula is C10H12N2O5S2. The maximum absolute atomic E-state index is 11.4. The molecule has 0 atom stereocenters. The van der Waals surface area contributed by atoms with Crippen molar-refractivity contribution >= 4 is 30.9 Å². The molecule has 0 fully saturated rings. The van der Waals surface area contributed by atoms with Gasteiger partial charge in [-0.2, -0.15) is 0 Å². The van der Waals surface area contributed by atoms with Gasteiger partial charge in [0.2, 0.25) is 9.84 Å². The van der Waals surface area contributed by atoms with E-state index in [-0.39, 0.29) is 11.4 Å². The number of benzene rings is 1. The van der Waals surface area contributed by atoms with Gasteiger partial charge in [-0.25, -0.2) is 16.8 Å². The number of rotatable bonds is 2. The van der Waals surface area contributed by atoms with Crippen molar-refractivity contribution in [3.8, 4) is 0 Å². The highest BCUT2D eigenvalue weighted by molar-refractivity contribution is 8.05. The Morgan fingerprint density at radius 1 is 1.05 bits per heavy atom. The smallest absolute Gasteiger partial charge is 0.296 e. The van der Waals surface area contributed by atoms with Crippen LogP contribution in [0.15, 0.2) is 34.7 Å². The number of carbonyl (C=O) groups excluding carboxylic acids is 1. The van der Waals surface area contributed by atoms with Crippen LogP contribution in [-0.4, -0.2) is 40.4 Å². The van der Waals surface area contributed by atoms with E-state index in [0.29, 0.717) is 6.26 Å². The molecule has 7 nitrogen and oxygen atoms in total. The predicted octanol–water partition coefficient (Wildman–Crippen LogP) is 0.147. The first-order valence-corrected chi connectivity index (χ1v) is 8.70. The number of amidine groups is 1. The van der Waals surface area contributed by atoms with Crippen LogP contribution in [0.1, 0.15) is 5.56 Å². The molecule has 0 unspecified atom stereocenters. The summed E-state index contributed by atoms with van der Waals surface area (Å²) >= 11 is 0. The fourth-order valence-electron chi connectivity index (χ4n) is 1.10. The van der Waals surface area contributed by atoms with E-state index >= 15 is 0 Å². The molecular weight excluding hydrogens is 292 g/mol. The van der Waals surface area contributed by atoms with Crippen molar-refractivity contribution in [1.29, 1.82) is 0 Å². The van der Waals surface area contributed by atoms with Gasteiger partial charge in [0.25, 0.3) is 10.0 Å². The van der Waals surface area contributed by atoms with E-state index in [2.05, 4.69) is 4.40 Å². The molecule has 9 heteroatoms. The lowest BCUT2D eigenvalue weighted by Gasteiger charge is -2.07. The summed E-state index contributed by atoms with van der Waals surface area (Å²) in [6.45, 7) is 0. The Morgan fingerprint density at radius 3 is 2.00 bits per heavy atom. The quantitative estimate of drug-likeness (QED) is 0.617. The molecule has 0 aliphatic heterocycles. The van der Waals surface area contributed by atoms with Crippen LogP contribution in [0.2, 0.25) is 0 Å². The number of carbonyl (C=O) groups is 1. The van der Waals surface area contributed by atoms with E-state index in [4.69, 9.17) is 0 Å². The zero-order chi connectivity index (χ0) is 14.7. The Morgan fingerprint density at radius 2 is 1.58 bits per heavy atom. The molecule has 19 heavy (non-hydrogen) atoms. The topological polar surface area (TPSA) is 110 Å². The number of hydrogen-bond donors (Lipinski definition) is 1.